The van der Waals surface area contributed by atoms with Gasteiger partial charge >= 0.3 is 0 Å². The summed E-state index contributed by atoms with van der Waals surface area (Å²) in [7, 11) is 0. The number of aliphatic imine (C=N–C) groups is 1. The quantitative estimate of drug-likeness (QED) is 0.0208. The molecule has 6 atom stereocenters. The Hall–Kier alpha value is -7.47. The Balaban J connectivity index is 1.39. The van der Waals surface area contributed by atoms with Gasteiger partial charge in [0.15, 0.2) is 5.96 Å². The maximum atomic E-state index is 14.5. The number of H-pyrrole nitrogens is 1. The zero-order valence-corrected chi connectivity index (χ0v) is 40.0. The van der Waals surface area contributed by atoms with Crippen LogP contribution >= 0.6 is 11.3 Å². The number of aromatic nitrogens is 3. The number of primary amides is 2. The van der Waals surface area contributed by atoms with Crippen LogP contribution in [-0.2, 0) is 40.0 Å². The second kappa shape index (κ2) is 25.8. The summed E-state index contributed by atoms with van der Waals surface area (Å²) in [6, 6.07) is 5.20. The number of para-hydroxylation sites is 1. The van der Waals surface area contributed by atoms with Crippen LogP contribution in [0.4, 0.5) is 0 Å². The minimum absolute atomic E-state index is 0.00402. The number of benzene rings is 1. The van der Waals surface area contributed by atoms with Crippen LogP contribution in [0, 0.1) is 5.92 Å². The van der Waals surface area contributed by atoms with Gasteiger partial charge in [-0.15, -0.1) is 11.3 Å². The van der Waals surface area contributed by atoms with E-state index in [0.717, 1.165) is 10.9 Å². The molecule has 0 unspecified atom stereocenters. The van der Waals surface area contributed by atoms with E-state index < -0.39 is 89.9 Å². The molecule has 3 aromatic heterocycles. The molecule has 0 bridgehead atoms. The van der Waals surface area contributed by atoms with Gasteiger partial charge < -0.3 is 65.1 Å². The number of guanidine groups is 1. The maximum absolute atomic E-state index is 14.5. The lowest BCUT2D eigenvalue weighted by atomic mass is 10.0. The molecule has 23 nitrogen and oxygen atoms in total. The third-order valence-electron chi connectivity index (χ3n) is 11.6. The van der Waals surface area contributed by atoms with E-state index in [4.69, 9.17) is 28.7 Å². The van der Waals surface area contributed by atoms with Gasteiger partial charge in [-0.1, -0.05) is 38.1 Å². The van der Waals surface area contributed by atoms with E-state index in [0.29, 0.717) is 35.5 Å². The van der Waals surface area contributed by atoms with Crippen LogP contribution in [0.15, 0.2) is 65.2 Å². The fraction of sp³-hybridized carbons (Fsp3) is 0.457. The van der Waals surface area contributed by atoms with Gasteiger partial charge in [0.05, 0.1) is 12.1 Å². The molecule has 0 spiro atoms. The summed E-state index contributed by atoms with van der Waals surface area (Å²) in [6.07, 6.45) is 4.30. The molecular weight excluding hydrogens is 923 g/mol. The largest absolute Gasteiger partial charge is 0.370 e. The van der Waals surface area contributed by atoms with Crippen molar-refractivity contribution in [2.75, 3.05) is 19.6 Å². The molecule has 1 fully saturated rings. The van der Waals surface area contributed by atoms with E-state index >= 15 is 0 Å². The minimum atomic E-state index is -1.57. The van der Waals surface area contributed by atoms with Crippen molar-refractivity contribution < 1.29 is 38.4 Å². The number of nitrogens with two attached hydrogens (primary N) is 5. The number of hydrogen-bond acceptors (Lipinski definition) is 13. The first kappa shape index (κ1) is 53.5. The van der Waals surface area contributed by atoms with Crippen LogP contribution in [0.5, 0.6) is 0 Å². The number of rotatable bonds is 26. The fourth-order valence-electron chi connectivity index (χ4n) is 8.02. The SMILES string of the molecule is CC(C)[C@H](NC(=O)[C@@H]1CCCN1C(=O)[C@@H](CC(N)=O)NC(=O)[C@@H](CCCN=C(N)N)NC(=O)[C@H](CCCCN)NC(=O)[C@H](Cc1c[nH]c2ccccc12)NC(=O)c1csc(-c2ccccn2)n1)C(N)=O. The van der Waals surface area contributed by atoms with Gasteiger partial charge in [0.2, 0.25) is 41.4 Å². The average molecular weight is 986 g/mol. The topological polar surface area (TPSA) is 384 Å². The number of likely N-dealkylation sites (tertiary alicyclic amines) is 1. The van der Waals surface area contributed by atoms with Crippen LogP contribution < -0.4 is 55.3 Å². The molecule has 4 aromatic rings. The summed E-state index contributed by atoms with van der Waals surface area (Å²) in [5.74, 6) is -6.74. The Kier molecular flexibility index (Phi) is 19.7. The molecule has 5 rings (SSSR count). The van der Waals surface area contributed by atoms with E-state index in [-0.39, 0.29) is 69.3 Å². The number of carbonyl (C=O) groups excluding carboxylic acids is 8. The summed E-state index contributed by atoms with van der Waals surface area (Å²) < 4.78 is 0. The van der Waals surface area contributed by atoms with Crippen LogP contribution in [-0.4, -0.2) is 129 Å². The van der Waals surface area contributed by atoms with Gasteiger partial charge in [0.25, 0.3) is 5.91 Å². The number of unbranched alkanes of at least 4 members (excludes halogenated alkanes) is 1. The summed E-state index contributed by atoms with van der Waals surface area (Å²) in [6.45, 7) is 3.81. The van der Waals surface area contributed by atoms with Crippen LogP contribution in [0.25, 0.3) is 21.6 Å². The first-order chi connectivity index (χ1) is 33.5. The number of amides is 8. The average Bonchev–Trinajstić information content (AvgIpc) is 4.12. The smallest absolute Gasteiger partial charge is 0.271 e. The van der Waals surface area contributed by atoms with Crippen molar-refractivity contribution in [3.63, 3.8) is 0 Å². The molecule has 16 N–H and O–H groups in total. The van der Waals surface area contributed by atoms with Crippen molar-refractivity contribution in [3.05, 3.63) is 71.5 Å². The number of nitrogens with one attached hydrogen (secondary N) is 6. The standard InChI is InChI=1S/C46H63N15O8S/c1-25(2)37(38(49)63)60-43(68)35-16-10-20-61(35)45(69)33(22-36(48)62)58-40(65)30(15-9-19-53-46(50)51)55-39(64)29(13-5-7-17-47)56-41(66)32(21-26-23-54-28-12-4-3-11-27(26)28)57-42(67)34-24-70-44(59-34)31-14-6-8-18-52-31/h3-4,6,8,11-12,14,18,23-25,29-30,32-33,35,37,54H,5,7,9-10,13,15-17,19-22,47H2,1-2H3,(H2,48,62)(H2,49,63)(H,55,64)(H,56,66)(H,57,67)(H,58,65)(H,60,68)(H4,50,51,53)/t29-,30+,32-,33+,35-,37-/m0/s1. The van der Waals surface area contributed by atoms with Crippen LogP contribution in [0.2, 0.25) is 0 Å². The number of nitrogens with zero attached hydrogens (tertiary/aromatic N) is 4. The van der Waals surface area contributed by atoms with Crippen molar-refractivity contribution in [2.24, 2.45) is 39.6 Å². The van der Waals surface area contributed by atoms with Gasteiger partial charge in [-0.05, 0) is 81.2 Å². The normalized spacial score (nSPS) is 15.5. The first-order valence-corrected chi connectivity index (χ1v) is 23.9. The first-order valence-electron chi connectivity index (χ1n) is 23.0. The molecule has 1 aliphatic rings. The monoisotopic (exact) mass is 985 g/mol. The zero-order chi connectivity index (χ0) is 50.9. The predicted octanol–water partition coefficient (Wildman–Crippen LogP) is -0.843. The maximum Gasteiger partial charge on any atom is 0.271 e. The minimum Gasteiger partial charge on any atom is -0.370 e. The number of fused-ring (bicyclic) bond motifs is 1. The van der Waals surface area contributed by atoms with Crippen molar-refractivity contribution in [2.45, 2.75) is 108 Å². The third kappa shape index (κ3) is 15.0. The Morgan fingerprint density at radius 2 is 1.50 bits per heavy atom. The number of thiazole rings is 1. The molecule has 24 heteroatoms. The molecule has 0 saturated carbocycles. The summed E-state index contributed by atoms with van der Waals surface area (Å²) in [5.41, 5.74) is 30.1. The highest BCUT2D eigenvalue weighted by atomic mass is 32.1. The fourth-order valence-corrected chi connectivity index (χ4v) is 8.79. The number of hydrogen-bond donors (Lipinski definition) is 11. The highest BCUT2D eigenvalue weighted by molar-refractivity contribution is 7.13. The Morgan fingerprint density at radius 3 is 2.14 bits per heavy atom. The molecule has 376 valence electrons. The Bertz CT molecular complexity index is 2510. The summed E-state index contributed by atoms with van der Waals surface area (Å²) >= 11 is 1.20. The zero-order valence-electron chi connectivity index (χ0n) is 39.2. The molecule has 0 aliphatic carbocycles. The molecule has 1 saturated heterocycles. The molecule has 0 radical (unpaired) electrons. The molecule has 70 heavy (non-hydrogen) atoms. The second-order valence-corrected chi connectivity index (χ2v) is 18.1. The van der Waals surface area contributed by atoms with E-state index in [1.165, 1.54) is 16.2 Å². The second-order valence-electron chi connectivity index (χ2n) is 17.3. The highest BCUT2D eigenvalue weighted by Gasteiger charge is 2.40. The predicted molar refractivity (Wildman–Crippen MR) is 262 cm³/mol. The van der Waals surface area contributed by atoms with Gasteiger partial charge in [0.1, 0.15) is 47.0 Å². The number of pyridine rings is 1. The van der Waals surface area contributed by atoms with Crippen LogP contribution in [0.1, 0.15) is 81.3 Å². The number of aromatic amines is 1. The lowest BCUT2D eigenvalue weighted by Crippen LogP contribution is -2.60. The Labute approximate surface area is 408 Å². The molecule has 4 heterocycles. The van der Waals surface area contributed by atoms with E-state index in [2.05, 4.69) is 46.5 Å². The Morgan fingerprint density at radius 1 is 0.829 bits per heavy atom. The number of carbonyl (C=O) groups is 8. The van der Waals surface area contributed by atoms with Gasteiger partial charge in [-0.3, -0.25) is 48.3 Å². The van der Waals surface area contributed by atoms with Gasteiger partial charge in [0, 0.05) is 48.2 Å². The summed E-state index contributed by atoms with van der Waals surface area (Å²) in [5, 5.41) is 16.3. The summed E-state index contributed by atoms with van der Waals surface area (Å²) in [4.78, 5) is 126. The molecule has 8 amide bonds. The lowest BCUT2D eigenvalue weighted by Gasteiger charge is -2.31. The molecule has 1 aliphatic heterocycles. The van der Waals surface area contributed by atoms with E-state index in [9.17, 15) is 38.4 Å². The third-order valence-corrected chi connectivity index (χ3v) is 12.5. The molecule has 1 aromatic carbocycles. The van der Waals surface area contributed by atoms with Crippen molar-refractivity contribution in [3.8, 4) is 10.7 Å². The van der Waals surface area contributed by atoms with E-state index in [1.54, 1.807) is 49.8 Å². The van der Waals surface area contributed by atoms with Crippen molar-refractivity contribution in [1.82, 2.24) is 46.4 Å². The lowest BCUT2D eigenvalue weighted by molar-refractivity contribution is -0.143. The molecular formula is C46H63N15O8S. The van der Waals surface area contributed by atoms with Crippen LogP contribution in [0.3, 0.4) is 0 Å². The highest BCUT2D eigenvalue weighted by Crippen LogP contribution is 2.24. The van der Waals surface area contributed by atoms with E-state index in [1.807, 2.05) is 24.3 Å². The van der Waals surface area contributed by atoms with Crippen molar-refractivity contribution in [1.29, 1.82) is 0 Å². The van der Waals surface area contributed by atoms with Gasteiger partial charge in [-0.2, -0.15) is 0 Å². The van der Waals surface area contributed by atoms with Crippen molar-refractivity contribution >= 4 is 75.5 Å². The van der Waals surface area contributed by atoms with Gasteiger partial charge in [-0.25, -0.2) is 4.98 Å².